The van der Waals surface area contributed by atoms with Gasteiger partial charge in [0.1, 0.15) is 17.3 Å². The number of aromatic hydroxyl groups is 1. The smallest absolute Gasteiger partial charge is 0.271 e. The van der Waals surface area contributed by atoms with Crippen molar-refractivity contribution < 1.29 is 15.1 Å². The van der Waals surface area contributed by atoms with Gasteiger partial charge in [-0.15, -0.1) is 12.4 Å². The van der Waals surface area contributed by atoms with Crippen LogP contribution in [0.15, 0.2) is 18.2 Å². The Kier molecular flexibility index (Phi) is 5.99. The number of anilines is 3. The summed E-state index contributed by atoms with van der Waals surface area (Å²) < 4.78 is 1.36. The first-order chi connectivity index (χ1) is 10.4. The van der Waals surface area contributed by atoms with Gasteiger partial charge in [-0.25, -0.2) is 4.68 Å². The van der Waals surface area contributed by atoms with Gasteiger partial charge in [-0.05, 0) is 6.07 Å². The molecular formula is C12H17ClN6O4. The van der Waals surface area contributed by atoms with Crippen molar-refractivity contribution >= 4 is 35.3 Å². The normalized spacial score (nSPS) is 10.1. The first kappa shape index (κ1) is 18.3. The minimum Gasteiger partial charge on any atom is -0.506 e. The molecule has 0 atom stereocenters. The molecule has 0 spiro atoms. The predicted octanol–water partition coefficient (Wildman–Crippen LogP) is 0.688. The third-order valence-corrected chi connectivity index (χ3v) is 3.06. The highest BCUT2D eigenvalue weighted by molar-refractivity contribution is 5.85. The van der Waals surface area contributed by atoms with Crippen molar-refractivity contribution in [1.82, 2.24) is 9.78 Å². The number of halogens is 1. The van der Waals surface area contributed by atoms with Crippen molar-refractivity contribution in [2.24, 2.45) is 0 Å². The maximum absolute atomic E-state index is 10.7. The largest absolute Gasteiger partial charge is 0.506 e. The Balaban J connectivity index is 0.00000264. The molecule has 1 heterocycles. The van der Waals surface area contributed by atoms with Gasteiger partial charge in [0.05, 0.1) is 36.0 Å². The fraction of sp³-hybridized carbons (Fsp3) is 0.250. The minimum atomic E-state index is -0.563. The average Bonchev–Trinajstić information content (AvgIpc) is 2.75. The lowest BCUT2D eigenvalue weighted by Gasteiger charge is -2.07. The van der Waals surface area contributed by atoms with Crippen LogP contribution in [-0.4, -0.2) is 31.5 Å². The molecule has 0 fully saturated rings. The second-order valence-corrected chi connectivity index (χ2v) is 4.50. The van der Waals surface area contributed by atoms with E-state index in [1.165, 1.54) is 22.9 Å². The van der Waals surface area contributed by atoms with Crippen LogP contribution in [0.5, 0.6) is 5.75 Å². The number of hydrogen-bond acceptors (Lipinski definition) is 8. The summed E-state index contributed by atoms with van der Waals surface area (Å²) in [6, 6.07) is 3.63. The lowest BCUT2D eigenvalue weighted by molar-refractivity contribution is -0.384. The Morgan fingerprint density at radius 2 is 2.09 bits per heavy atom. The minimum absolute atomic E-state index is 0. The molecule has 1 aromatic carbocycles. The summed E-state index contributed by atoms with van der Waals surface area (Å²) in [5.74, 6) is 0.0982. The number of phenols is 1. The number of nitrogen functional groups attached to an aromatic ring is 2. The topological polar surface area (TPSA) is 165 Å². The van der Waals surface area contributed by atoms with E-state index in [4.69, 9.17) is 16.6 Å². The molecule has 0 aliphatic carbocycles. The average molecular weight is 345 g/mol. The number of benzene rings is 1. The Morgan fingerprint density at radius 1 is 1.39 bits per heavy atom. The van der Waals surface area contributed by atoms with Crippen LogP contribution >= 0.6 is 12.4 Å². The van der Waals surface area contributed by atoms with E-state index in [1.54, 1.807) is 0 Å². The summed E-state index contributed by atoms with van der Waals surface area (Å²) >= 11 is 0. The Bertz CT molecular complexity index is 705. The SMILES string of the molecule is Cl.Nc1c(CNc2cc([N+](=O)[O-])ccc2O)nn(CCO)c1N. The van der Waals surface area contributed by atoms with E-state index in [0.717, 1.165) is 0 Å². The van der Waals surface area contributed by atoms with E-state index in [9.17, 15) is 15.2 Å². The second-order valence-electron chi connectivity index (χ2n) is 4.50. The van der Waals surface area contributed by atoms with Gasteiger partial charge in [0.25, 0.3) is 5.69 Å². The van der Waals surface area contributed by atoms with Gasteiger partial charge in [-0.3, -0.25) is 10.1 Å². The Morgan fingerprint density at radius 3 is 2.70 bits per heavy atom. The number of nitrogens with one attached hydrogen (secondary N) is 1. The molecule has 1 aromatic heterocycles. The quantitative estimate of drug-likeness (QED) is 0.290. The highest BCUT2D eigenvalue weighted by Crippen LogP contribution is 2.29. The van der Waals surface area contributed by atoms with Gasteiger partial charge in [-0.1, -0.05) is 0 Å². The van der Waals surface area contributed by atoms with Crippen LogP contribution in [0.1, 0.15) is 5.69 Å². The van der Waals surface area contributed by atoms with E-state index in [2.05, 4.69) is 10.4 Å². The molecule has 0 saturated heterocycles. The van der Waals surface area contributed by atoms with Crippen molar-refractivity contribution in [2.75, 3.05) is 23.4 Å². The molecule has 0 aliphatic rings. The third-order valence-electron chi connectivity index (χ3n) is 3.06. The first-order valence-corrected chi connectivity index (χ1v) is 6.36. The van der Waals surface area contributed by atoms with E-state index in [1.807, 2.05) is 0 Å². The van der Waals surface area contributed by atoms with Gasteiger partial charge in [0.2, 0.25) is 0 Å². The Hall–Kier alpha value is -2.72. The number of aliphatic hydroxyl groups excluding tert-OH is 1. The summed E-state index contributed by atoms with van der Waals surface area (Å²) in [7, 11) is 0. The number of nitro groups is 1. The van der Waals surface area contributed by atoms with Crippen molar-refractivity contribution in [3.8, 4) is 5.75 Å². The molecule has 10 nitrogen and oxygen atoms in total. The van der Waals surface area contributed by atoms with Crippen LogP contribution < -0.4 is 16.8 Å². The second kappa shape index (κ2) is 7.51. The number of rotatable bonds is 6. The van der Waals surface area contributed by atoms with E-state index < -0.39 is 4.92 Å². The lowest BCUT2D eigenvalue weighted by Crippen LogP contribution is -2.08. The van der Waals surface area contributed by atoms with E-state index in [0.29, 0.717) is 5.69 Å². The highest BCUT2D eigenvalue weighted by Gasteiger charge is 2.14. The number of nitrogens with zero attached hydrogens (tertiary/aromatic N) is 3. The number of nitrogens with two attached hydrogens (primary N) is 2. The molecule has 0 saturated carbocycles. The van der Waals surface area contributed by atoms with Crippen LogP contribution in [0.2, 0.25) is 0 Å². The van der Waals surface area contributed by atoms with Gasteiger partial charge in [-0.2, -0.15) is 5.10 Å². The number of phenolic OH excluding ortho intramolecular Hbond substituents is 1. The zero-order valence-electron chi connectivity index (χ0n) is 12.0. The van der Waals surface area contributed by atoms with Gasteiger partial charge >= 0.3 is 0 Å². The number of non-ortho nitro benzene ring substituents is 1. The molecule has 0 amide bonds. The summed E-state index contributed by atoms with van der Waals surface area (Å²) in [5.41, 5.74) is 12.3. The molecular weight excluding hydrogens is 328 g/mol. The van der Waals surface area contributed by atoms with Crippen LogP contribution in [0.25, 0.3) is 0 Å². The standard InChI is InChI=1S/C12H16N6O4.ClH/c13-11-9(16-17(3-4-19)12(11)14)6-15-8-5-7(18(21)22)1-2-10(8)20;/h1-2,5,15,19-20H,3-4,6,13-14H2;1H. The van der Waals surface area contributed by atoms with Crippen molar-refractivity contribution in [3.63, 3.8) is 0 Å². The van der Waals surface area contributed by atoms with Gasteiger partial charge in [0, 0.05) is 12.1 Å². The fourth-order valence-corrected chi connectivity index (χ4v) is 1.89. The van der Waals surface area contributed by atoms with Crippen LogP contribution in [0.4, 0.5) is 22.9 Å². The first-order valence-electron chi connectivity index (χ1n) is 6.36. The van der Waals surface area contributed by atoms with Crippen LogP contribution in [0.3, 0.4) is 0 Å². The van der Waals surface area contributed by atoms with Crippen LogP contribution in [0, 0.1) is 10.1 Å². The number of nitro benzene ring substituents is 1. The van der Waals surface area contributed by atoms with Crippen molar-refractivity contribution in [3.05, 3.63) is 34.0 Å². The maximum Gasteiger partial charge on any atom is 0.271 e. The van der Waals surface area contributed by atoms with E-state index in [-0.39, 0.29) is 60.7 Å². The molecule has 0 radical (unpaired) electrons. The Labute approximate surface area is 137 Å². The van der Waals surface area contributed by atoms with Gasteiger partial charge in [0.15, 0.2) is 0 Å². The molecule has 0 unspecified atom stereocenters. The molecule has 11 heteroatoms. The summed E-state index contributed by atoms with van der Waals surface area (Å²) in [5, 5.41) is 36.3. The van der Waals surface area contributed by atoms with E-state index >= 15 is 0 Å². The molecule has 7 N–H and O–H groups in total. The lowest BCUT2D eigenvalue weighted by atomic mass is 10.2. The number of aromatic nitrogens is 2. The molecule has 2 aromatic rings. The van der Waals surface area contributed by atoms with Crippen molar-refractivity contribution in [1.29, 1.82) is 0 Å². The predicted molar refractivity (Wildman–Crippen MR) is 87.5 cm³/mol. The monoisotopic (exact) mass is 344 g/mol. The third kappa shape index (κ3) is 3.93. The molecule has 0 bridgehead atoms. The fourth-order valence-electron chi connectivity index (χ4n) is 1.89. The molecule has 2 rings (SSSR count). The molecule has 23 heavy (non-hydrogen) atoms. The summed E-state index contributed by atoms with van der Waals surface area (Å²) in [4.78, 5) is 10.2. The van der Waals surface area contributed by atoms with Gasteiger partial charge < -0.3 is 27.0 Å². The number of hydrogen-bond donors (Lipinski definition) is 5. The summed E-state index contributed by atoms with van der Waals surface area (Å²) in [6.07, 6.45) is 0. The van der Waals surface area contributed by atoms with Crippen LogP contribution in [-0.2, 0) is 13.1 Å². The number of aliphatic hydroxyl groups is 1. The molecule has 126 valence electrons. The zero-order valence-corrected chi connectivity index (χ0v) is 12.8. The summed E-state index contributed by atoms with van der Waals surface area (Å²) in [6.45, 7) is 0.186. The molecule has 0 aliphatic heterocycles. The highest BCUT2D eigenvalue weighted by atomic mass is 35.5. The zero-order chi connectivity index (χ0) is 16.3. The maximum atomic E-state index is 10.7. The van der Waals surface area contributed by atoms with Crippen molar-refractivity contribution in [2.45, 2.75) is 13.1 Å².